The van der Waals surface area contributed by atoms with Crippen molar-refractivity contribution in [3.05, 3.63) is 28.0 Å². The van der Waals surface area contributed by atoms with Crippen LogP contribution >= 0.6 is 11.3 Å². The van der Waals surface area contributed by atoms with Crippen molar-refractivity contribution < 1.29 is 13.2 Å². The summed E-state index contributed by atoms with van der Waals surface area (Å²) >= 11 is 1.39. The third kappa shape index (κ3) is 3.68. The number of rotatable bonds is 3. The van der Waals surface area contributed by atoms with Gasteiger partial charge in [0.1, 0.15) is 0 Å². The van der Waals surface area contributed by atoms with Gasteiger partial charge in [0.25, 0.3) is 5.91 Å². The quantitative estimate of drug-likeness (QED) is 0.861. The second-order valence-corrected chi connectivity index (χ2v) is 10.9. The summed E-state index contributed by atoms with van der Waals surface area (Å²) in [5.41, 5.74) is 2.62. The molecule has 1 atom stereocenters. The smallest absolute Gasteiger partial charge is 0.261 e. The highest BCUT2D eigenvalue weighted by atomic mass is 32.2. The lowest BCUT2D eigenvalue weighted by molar-refractivity contribution is 0.102. The zero-order valence-electron chi connectivity index (χ0n) is 15.7. The van der Waals surface area contributed by atoms with E-state index in [1.54, 1.807) is 11.6 Å². The molecule has 0 aliphatic carbocycles. The lowest BCUT2D eigenvalue weighted by Crippen LogP contribution is -2.17. The summed E-state index contributed by atoms with van der Waals surface area (Å²) in [6, 6.07) is -0.201. The standard InChI is InChI=1S/C17H24N4O3S2/c1-10-14(11(2)21(20-10)12-6-7-26(23,24)9-12)15(22)19-16-18-13(8-25-16)17(3,4)5/h8,12H,6-7,9H2,1-5H3,(H,18,19,22)/t12-/m0/s1. The van der Waals surface area contributed by atoms with E-state index in [9.17, 15) is 13.2 Å². The van der Waals surface area contributed by atoms with Crippen molar-refractivity contribution >= 4 is 32.2 Å². The monoisotopic (exact) mass is 396 g/mol. The lowest BCUT2D eigenvalue weighted by Gasteiger charge is -2.14. The number of carbonyl (C=O) groups is 1. The van der Waals surface area contributed by atoms with E-state index in [2.05, 4.69) is 36.2 Å². The van der Waals surface area contributed by atoms with Gasteiger partial charge >= 0.3 is 0 Å². The normalized spacial score (nSPS) is 19.7. The molecule has 26 heavy (non-hydrogen) atoms. The van der Waals surface area contributed by atoms with Crippen LogP contribution < -0.4 is 5.32 Å². The molecule has 0 spiro atoms. The van der Waals surface area contributed by atoms with Gasteiger partial charge in [-0.1, -0.05) is 20.8 Å². The Hall–Kier alpha value is -1.74. The van der Waals surface area contributed by atoms with Crippen molar-refractivity contribution in [3.63, 3.8) is 0 Å². The van der Waals surface area contributed by atoms with Crippen LogP contribution in [0.3, 0.4) is 0 Å². The summed E-state index contributed by atoms with van der Waals surface area (Å²) in [6.45, 7) is 9.79. The Labute approximate surface area is 157 Å². The molecular weight excluding hydrogens is 372 g/mol. The van der Waals surface area contributed by atoms with E-state index in [4.69, 9.17) is 0 Å². The van der Waals surface area contributed by atoms with Crippen molar-refractivity contribution in [1.29, 1.82) is 0 Å². The Bertz CT molecular complexity index is 951. The molecule has 142 valence electrons. The summed E-state index contributed by atoms with van der Waals surface area (Å²) in [5.74, 6) is -0.00847. The number of carbonyl (C=O) groups excluding carboxylic acids is 1. The summed E-state index contributed by atoms with van der Waals surface area (Å²) < 4.78 is 25.2. The molecule has 2 aromatic heterocycles. The molecule has 9 heteroatoms. The van der Waals surface area contributed by atoms with Crippen LogP contribution in [0.25, 0.3) is 0 Å². The van der Waals surface area contributed by atoms with Crippen LogP contribution in [0.2, 0.25) is 0 Å². The summed E-state index contributed by atoms with van der Waals surface area (Å²) in [5, 5.41) is 9.79. The molecule has 0 radical (unpaired) electrons. The summed E-state index contributed by atoms with van der Waals surface area (Å²) in [7, 11) is -3.01. The fourth-order valence-corrected chi connectivity index (χ4v) is 5.77. The molecule has 3 rings (SSSR count). The highest BCUT2D eigenvalue weighted by Crippen LogP contribution is 2.29. The maximum Gasteiger partial charge on any atom is 0.261 e. The van der Waals surface area contributed by atoms with Crippen LogP contribution in [0.5, 0.6) is 0 Å². The fourth-order valence-electron chi connectivity index (χ4n) is 3.15. The van der Waals surface area contributed by atoms with Gasteiger partial charge in [-0.15, -0.1) is 11.3 Å². The van der Waals surface area contributed by atoms with E-state index in [0.717, 1.165) is 5.69 Å². The minimum Gasteiger partial charge on any atom is -0.298 e. The molecule has 7 nitrogen and oxygen atoms in total. The van der Waals surface area contributed by atoms with Crippen LogP contribution in [0.4, 0.5) is 5.13 Å². The van der Waals surface area contributed by atoms with Gasteiger partial charge in [-0.2, -0.15) is 5.10 Å². The molecule has 1 aliphatic heterocycles. The maximum atomic E-state index is 12.8. The number of anilines is 1. The fraction of sp³-hybridized carbons (Fsp3) is 0.588. The second-order valence-electron chi connectivity index (χ2n) is 7.79. The van der Waals surface area contributed by atoms with Crippen LogP contribution in [-0.4, -0.2) is 40.6 Å². The van der Waals surface area contributed by atoms with E-state index in [1.807, 2.05) is 12.3 Å². The highest BCUT2D eigenvalue weighted by Gasteiger charge is 2.32. The molecule has 1 amide bonds. The second kappa shape index (κ2) is 6.45. The Morgan fingerprint density at radius 1 is 1.35 bits per heavy atom. The molecule has 0 saturated carbocycles. The zero-order valence-corrected chi connectivity index (χ0v) is 17.3. The third-order valence-electron chi connectivity index (χ3n) is 4.60. The molecular formula is C17H24N4O3S2. The first-order valence-corrected chi connectivity index (χ1v) is 11.2. The van der Waals surface area contributed by atoms with Crippen LogP contribution in [-0.2, 0) is 15.3 Å². The number of nitrogens with zero attached hydrogens (tertiary/aromatic N) is 3. The van der Waals surface area contributed by atoms with Gasteiger partial charge in [-0.05, 0) is 20.3 Å². The van der Waals surface area contributed by atoms with Gasteiger partial charge in [-0.25, -0.2) is 13.4 Å². The Kier molecular flexibility index (Phi) is 4.72. The summed E-state index contributed by atoms with van der Waals surface area (Å²) in [6.07, 6.45) is 0.534. The van der Waals surface area contributed by atoms with Crippen molar-refractivity contribution in [2.24, 2.45) is 0 Å². The average molecular weight is 397 g/mol. The highest BCUT2D eigenvalue weighted by molar-refractivity contribution is 7.91. The first kappa shape index (κ1) is 19.0. The first-order chi connectivity index (χ1) is 12.0. The van der Waals surface area contributed by atoms with E-state index >= 15 is 0 Å². The van der Waals surface area contributed by atoms with Gasteiger partial charge in [0.05, 0.1) is 34.5 Å². The van der Waals surface area contributed by atoms with Crippen LogP contribution in [0.15, 0.2) is 5.38 Å². The number of sulfone groups is 1. The number of aromatic nitrogens is 3. The van der Waals surface area contributed by atoms with Crippen molar-refractivity contribution in [2.45, 2.75) is 52.5 Å². The molecule has 2 aromatic rings. The molecule has 1 fully saturated rings. The van der Waals surface area contributed by atoms with Crippen molar-refractivity contribution in [1.82, 2.24) is 14.8 Å². The number of aryl methyl sites for hydroxylation is 1. The molecule has 3 heterocycles. The van der Waals surface area contributed by atoms with Gasteiger partial charge in [0.2, 0.25) is 0 Å². The van der Waals surface area contributed by atoms with E-state index in [-0.39, 0.29) is 28.9 Å². The Morgan fingerprint density at radius 2 is 2.04 bits per heavy atom. The number of thiazole rings is 1. The van der Waals surface area contributed by atoms with E-state index in [1.165, 1.54) is 11.3 Å². The predicted octanol–water partition coefficient (Wildman–Crippen LogP) is 2.87. The molecule has 1 N–H and O–H groups in total. The van der Waals surface area contributed by atoms with Gasteiger partial charge in [0.15, 0.2) is 15.0 Å². The van der Waals surface area contributed by atoms with Crippen LogP contribution in [0, 0.1) is 13.8 Å². The van der Waals surface area contributed by atoms with Crippen molar-refractivity contribution in [3.8, 4) is 0 Å². The molecule has 1 aliphatic rings. The molecule has 0 aromatic carbocycles. The average Bonchev–Trinajstić information content (AvgIpc) is 3.17. The molecule has 0 bridgehead atoms. The molecule has 1 saturated heterocycles. The van der Waals surface area contributed by atoms with Gasteiger partial charge in [-0.3, -0.25) is 14.8 Å². The van der Waals surface area contributed by atoms with Crippen LogP contribution in [0.1, 0.15) is 60.7 Å². The molecule has 0 unspecified atom stereocenters. The summed E-state index contributed by atoms with van der Waals surface area (Å²) in [4.78, 5) is 17.2. The predicted molar refractivity (Wildman–Crippen MR) is 103 cm³/mol. The van der Waals surface area contributed by atoms with E-state index in [0.29, 0.717) is 28.5 Å². The van der Waals surface area contributed by atoms with Crippen molar-refractivity contribution in [2.75, 3.05) is 16.8 Å². The van der Waals surface area contributed by atoms with E-state index < -0.39 is 9.84 Å². The Morgan fingerprint density at radius 3 is 2.58 bits per heavy atom. The third-order valence-corrected chi connectivity index (χ3v) is 7.11. The maximum absolute atomic E-state index is 12.8. The van der Waals surface area contributed by atoms with Gasteiger partial charge < -0.3 is 0 Å². The zero-order chi connectivity index (χ0) is 19.3. The lowest BCUT2D eigenvalue weighted by atomic mass is 9.93. The van der Waals surface area contributed by atoms with Gasteiger partial charge in [0, 0.05) is 16.5 Å². The number of hydrogen-bond acceptors (Lipinski definition) is 6. The SMILES string of the molecule is Cc1nn([C@H]2CCS(=O)(=O)C2)c(C)c1C(=O)Nc1nc(C(C)(C)C)cs1. The Balaban J connectivity index is 1.83. The largest absolute Gasteiger partial charge is 0.298 e. The number of nitrogens with one attached hydrogen (secondary N) is 1. The number of hydrogen-bond donors (Lipinski definition) is 1. The number of amides is 1. The minimum absolute atomic E-state index is 0.0792. The topological polar surface area (TPSA) is 94.0 Å². The first-order valence-electron chi connectivity index (χ1n) is 8.51. The minimum atomic E-state index is -3.01.